The van der Waals surface area contributed by atoms with E-state index in [9.17, 15) is 27.0 Å². The van der Waals surface area contributed by atoms with Gasteiger partial charge in [-0.15, -0.1) is 0 Å². The lowest BCUT2D eigenvalue weighted by molar-refractivity contribution is 0.193. The van der Waals surface area contributed by atoms with Gasteiger partial charge in [0.05, 0.1) is 32.3 Å². The first-order valence-electron chi connectivity index (χ1n) is 12.1. The Morgan fingerprint density at radius 1 is 0.590 bits per heavy atom. The van der Waals surface area contributed by atoms with Gasteiger partial charge in [-0.2, -0.15) is 0 Å². The van der Waals surface area contributed by atoms with Gasteiger partial charge in [0.15, 0.2) is 0 Å². The molecule has 1 unspecified atom stereocenters. The van der Waals surface area contributed by atoms with Crippen LogP contribution in [0.5, 0.6) is 23.0 Å². The average molecular weight is 569 g/mol. The number of aromatic hydroxyl groups is 2. The molecule has 0 bridgehead atoms. The standard InChI is InChI=1S/C29H28O8S2/c1-21(37-25-10-18-29(19-11-25)39(34,35)27-14-6-23(31)7-15-27)3-2-20-36-24-8-16-28(17-9-24)38(32,33)26-12-4-22(30)5-13-26/h4-19,21,30-31H,2-3,20H2,1H3. The molecule has 0 heterocycles. The number of hydrogen-bond acceptors (Lipinski definition) is 8. The molecule has 4 aromatic rings. The van der Waals surface area contributed by atoms with E-state index >= 15 is 0 Å². The third-order valence-electron chi connectivity index (χ3n) is 5.92. The second-order valence-corrected chi connectivity index (χ2v) is 12.8. The van der Waals surface area contributed by atoms with Gasteiger partial charge in [0.2, 0.25) is 19.7 Å². The molecule has 0 fully saturated rings. The minimum atomic E-state index is -3.70. The summed E-state index contributed by atoms with van der Waals surface area (Å²) in [5, 5.41) is 18.8. The fourth-order valence-corrected chi connectivity index (χ4v) is 6.31. The summed E-state index contributed by atoms with van der Waals surface area (Å²) in [4.78, 5) is 0.445. The quantitative estimate of drug-likeness (QED) is 0.231. The molecule has 1 atom stereocenters. The van der Waals surface area contributed by atoms with Gasteiger partial charge in [-0.3, -0.25) is 0 Å². The van der Waals surface area contributed by atoms with Crippen LogP contribution in [-0.4, -0.2) is 39.8 Å². The third kappa shape index (κ3) is 6.90. The lowest BCUT2D eigenvalue weighted by Gasteiger charge is -2.15. The van der Waals surface area contributed by atoms with Crippen LogP contribution in [0.3, 0.4) is 0 Å². The van der Waals surface area contributed by atoms with Crippen LogP contribution in [0, 0.1) is 0 Å². The largest absolute Gasteiger partial charge is 0.508 e. The first kappa shape index (κ1) is 28.0. The van der Waals surface area contributed by atoms with E-state index in [0.717, 1.165) is 0 Å². The minimum absolute atomic E-state index is 0.00671. The van der Waals surface area contributed by atoms with Crippen LogP contribution >= 0.6 is 0 Å². The predicted octanol–water partition coefficient (Wildman–Crippen LogP) is 5.39. The molecule has 204 valence electrons. The van der Waals surface area contributed by atoms with Crippen LogP contribution in [0.15, 0.2) is 117 Å². The smallest absolute Gasteiger partial charge is 0.206 e. The summed E-state index contributed by atoms with van der Waals surface area (Å²) in [5.41, 5.74) is 0. The molecule has 0 aliphatic carbocycles. The summed E-state index contributed by atoms with van der Waals surface area (Å²) in [6, 6.07) is 23.1. The zero-order valence-electron chi connectivity index (χ0n) is 21.1. The van der Waals surface area contributed by atoms with E-state index < -0.39 is 19.7 Å². The highest BCUT2D eigenvalue weighted by molar-refractivity contribution is 7.91. The Bertz CT molecular complexity index is 1600. The van der Waals surface area contributed by atoms with Gasteiger partial charge < -0.3 is 19.7 Å². The zero-order valence-corrected chi connectivity index (χ0v) is 22.7. The van der Waals surface area contributed by atoms with Crippen LogP contribution in [0.1, 0.15) is 19.8 Å². The summed E-state index contributed by atoms with van der Waals surface area (Å²) < 4.78 is 62.5. The van der Waals surface area contributed by atoms with Crippen molar-refractivity contribution in [2.24, 2.45) is 0 Å². The fraction of sp³-hybridized carbons (Fsp3) is 0.172. The van der Waals surface area contributed by atoms with Crippen LogP contribution in [0.2, 0.25) is 0 Å². The summed E-state index contributed by atoms with van der Waals surface area (Å²) in [6.45, 7) is 2.31. The van der Waals surface area contributed by atoms with Crippen molar-refractivity contribution in [2.75, 3.05) is 6.61 Å². The van der Waals surface area contributed by atoms with E-state index in [1.165, 1.54) is 72.8 Å². The van der Waals surface area contributed by atoms with Gasteiger partial charge in [-0.25, -0.2) is 16.8 Å². The lowest BCUT2D eigenvalue weighted by Crippen LogP contribution is -2.13. The highest BCUT2D eigenvalue weighted by Gasteiger charge is 2.19. The molecule has 0 aliphatic heterocycles. The highest BCUT2D eigenvalue weighted by Crippen LogP contribution is 2.26. The summed E-state index contributed by atoms with van der Waals surface area (Å²) >= 11 is 0. The van der Waals surface area contributed by atoms with Crippen molar-refractivity contribution in [3.63, 3.8) is 0 Å². The van der Waals surface area contributed by atoms with Gasteiger partial charge in [-0.1, -0.05) is 0 Å². The summed E-state index contributed by atoms with van der Waals surface area (Å²) in [7, 11) is -7.39. The van der Waals surface area contributed by atoms with Gasteiger partial charge in [-0.05, 0) is 117 Å². The van der Waals surface area contributed by atoms with Crippen molar-refractivity contribution in [1.82, 2.24) is 0 Å². The Balaban J connectivity index is 1.24. The number of hydrogen-bond donors (Lipinski definition) is 2. The zero-order chi connectivity index (χ0) is 28.0. The Kier molecular flexibility index (Phi) is 8.47. The van der Waals surface area contributed by atoms with E-state index in [0.29, 0.717) is 30.9 Å². The van der Waals surface area contributed by atoms with Crippen molar-refractivity contribution >= 4 is 19.7 Å². The van der Waals surface area contributed by atoms with Crippen molar-refractivity contribution in [2.45, 2.75) is 45.5 Å². The minimum Gasteiger partial charge on any atom is -0.508 e. The Labute approximate surface area is 227 Å². The predicted molar refractivity (Wildman–Crippen MR) is 145 cm³/mol. The van der Waals surface area contributed by atoms with E-state index in [2.05, 4.69) is 0 Å². The molecule has 8 nitrogen and oxygen atoms in total. The van der Waals surface area contributed by atoms with Gasteiger partial charge in [0.25, 0.3) is 0 Å². The van der Waals surface area contributed by atoms with Crippen LogP contribution in [0.25, 0.3) is 0 Å². The monoisotopic (exact) mass is 568 g/mol. The number of ether oxygens (including phenoxy) is 2. The molecule has 0 spiro atoms. The normalized spacial score (nSPS) is 12.5. The third-order valence-corrected chi connectivity index (χ3v) is 9.49. The number of phenolic OH excluding ortho intramolecular Hbond substituents is 2. The SMILES string of the molecule is CC(CCCOc1ccc(S(=O)(=O)c2ccc(O)cc2)cc1)Oc1ccc(S(=O)(=O)c2ccc(O)cc2)cc1. The summed E-state index contributed by atoms with van der Waals surface area (Å²) in [5.74, 6) is 1.07. The number of sulfone groups is 2. The van der Waals surface area contributed by atoms with E-state index in [-0.39, 0.29) is 37.2 Å². The topological polar surface area (TPSA) is 127 Å². The molecule has 0 saturated heterocycles. The van der Waals surface area contributed by atoms with Crippen molar-refractivity contribution in [1.29, 1.82) is 0 Å². The van der Waals surface area contributed by atoms with E-state index in [1.54, 1.807) is 24.3 Å². The molecule has 0 radical (unpaired) electrons. The number of benzene rings is 4. The second kappa shape index (κ2) is 11.8. The van der Waals surface area contributed by atoms with Gasteiger partial charge in [0.1, 0.15) is 23.0 Å². The number of phenols is 2. The van der Waals surface area contributed by atoms with Crippen molar-refractivity contribution in [3.05, 3.63) is 97.1 Å². The molecular weight excluding hydrogens is 540 g/mol. The Hall–Kier alpha value is -4.02. The maximum atomic E-state index is 12.7. The van der Waals surface area contributed by atoms with E-state index in [4.69, 9.17) is 9.47 Å². The molecule has 10 heteroatoms. The average Bonchev–Trinajstić information content (AvgIpc) is 2.92. The Morgan fingerprint density at radius 3 is 1.36 bits per heavy atom. The molecule has 0 amide bonds. The number of rotatable bonds is 11. The summed E-state index contributed by atoms with van der Waals surface area (Å²) in [6.07, 6.45) is 1.22. The lowest BCUT2D eigenvalue weighted by atomic mass is 10.2. The molecule has 39 heavy (non-hydrogen) atoms. The molecular formula is C29H28O8S2. The van der Waals surface area contributed by atoms with Crippen LogP contribution < -0.4 is 9.47 Å². The maximum absolute atomic E-state index is 12.7. The van der Waals surface area contributed by atoms with Gasteiger partial charge >= 0.3 is 0 Å². The van der Waals surface area contributed by atoms with Crippen molar-refractivity contribution < 1.29 is 36.5 Å². The van der Waals surface area contributed by atoms with E-state index in [1.807, 2.05) is 6.92 Å². The second-order valence-electron chi connectivity index (χ2n) is 8.86. The first-order valence-corrected chi connectivity index (χ1v) is 15.1. The van der Waals surface area contributed by atoms with Crippen LogP contribution in [0.4, 0.5) is 0 Å². The first-order chi connectivity index (χ1) is 18.6. The fourth-order valence-electron chi connectivity index (χ4n) is 3.79. The maximum Gasteiger partial charge on any atom is 0.206 e. The Morgan fingerprint density at radius 2 is 0.949 bits per heavy atom. The van der Waals surface area contributed by atoms with Gasteiger partial charge in [0, 0.05) is 0 Å². The molecule has 4 rings (SSSR count). The van der Waals surface area contributed by atoms with Crippen molar-refractivity contribution in [3.8, 4) is 23.0 Å². The van der Waals surface area contributed by atoms with Crippen LogP contribution in [-0.2, 0) is 19.7 Å². The molecule has 4 aromatic carbocycles. The molecule has 0 aromatic heterocycles. The highest BCUT2D eigenvalue weighted by atomic mass is 32.2. The molecule has 0 aliphatic rings. The molecule has 0 saturated carbocycles. The molecule has 2 N–H and O–H groups in total.